The second kappa shape index (κ2) is 21.8. The maximum absolute atomic E-state index is 14.3. The van der Waals surface area contributed by atoms with Crippen LogP contribution in [0.15, 0.2) is 103 Å². The minimum Gasteiger partial charge on any atom is -0.374 e. The van der Waals surface area contributed by atoms with Gasteiger partial charge in [-0.15, -0.1) is 0 Å². The number of alkyl halides is 3. The number of fused-ring (bicyclic) bond motifs is 1. The Hall–Kier alpha value is -2.57. The Morgan fingerprint density at radius 3 is 1.91 bits per heavy atom. The third-order valence-corrected chi connectivity index (χ3v) is 10.8. The van der Waals surface area contributed by atoms with Gasteiger partial charge in [0.05, 0.1) is 39.6 Å². The highest BCUT2D eigenvalue weighted by Gasteiger charge is 2.52. The van der Waals surface area contributed by atoms with Gasteiger partial charge >= 0.3 is 7.82 Å². The molecule has 0 aliphatic carbocycles. The van der Waals surface area contributed by atoms with Crippen LogP contribution in [0.5, 0.6) is 0 Å². The summed E-state index contributed by atoms with van der Waals surface area (Å²) in [7, 11) is -4.29. The first-order valence-electron chi connectivity index (χ1n) is 18.6. The molecule has 5 rings (SSSR count). The molecule has 298 valence electrons. The molecular weight excluding hydrogens is 788 g/mol. The van der Waals surface area contributed by atoms with E-state index in [4.69, 9.17) is 67.3 Å². The Balaban J connectivity index is 1.53. The van der Waals surface area contributed by atoms with Crippen LogP contribution in [0.1, 0.15) is 56.2 Å². The number of halogens is 3. The third-order valence-electron chi connectivity index (χ3n) is 8.86. The lowest BCUT2D eigenvalue weighted by Gasteiger charge is -2.46. The molecule has 0 aromatic heterocycles. The Labute approximate surface area is 338 Å². The molecular formula is C41H49Cl3NO9P. The van der Waals surface area contributed by atoms with Gasteiger partial charge in [-0.3, -0.25) is 18.4 Å². The van der Waals surface area contributed by atoms with Gasteiger partial charge in [0.15, 0.2) is 6.29 Å². The van der Waals surface area contributed by atoms with E-state index < -0.39 is 48.2 Å². The van der Waals surface area contributed by atoms with E-state index in [2.05, 4.69) is 5.32 Å². The van der Waals surface area contributed by atoms with Gasteiger partial charge in [0.2, 0.25) is 0 Å². The van der Waals surface area contributed by atoms with Crippen LogP contribution in [-0.4, -0.2) is 60.2 Å². The number of nitrogens with one attached hydrogen (secondary N) is 1. The van der Waals surface area contributed by atoms with Crippen LogP contribution in [0.25, 0.3) is 10.8 Å². The van der Waals surface area contributed by atoms with Crippen molar-refractivity contribution in [2.24, 2.45) is 0 Å². The Kier molecular flexibility index (Phi) is 17.3. The molecule has 0 unspecified atom stereocenters. The number of hydrogen-bond donors (Lipinski definition) is 1. The zero-order valence-corrected chi connectivity index (χ0v) is 34.2. The fraction of sp³-hybridized carbons (Fsp3) is 0.439. The van der Waals surface area contributed by atoms with E-state index in [1.165, 1.54) is 0 Å². The van der Waals surface area contributed by atoms with Crippen molar-refractivity contribution in [3.63, 3.8) is 0 Å². The number of hydrogen-bond acceptors (Lipinski definition) is 9. The van der Waals surface area contributed by atoms with Crippen LogP contribution in [0.2, 0.25) is 0 Å². The number of carbonyl (C=O) groups is 1. The molecule has 0 saturated carbocycles. The summed E-state index contributed by atoms with van der Waals surface area (Å²) < 4.78 is 55.8. The minimum atomic E-state index is -4.29. The molecule has 10 nitrogen and oxygen atoms in total. The van der Waals surface area contributed by atoms with Gasteiger partial charge in [0.1, 0.15) is 24.4 Å². The van der Waals surface area contributed by atoms with Crippen LogP contribution in [-0.2, 0) is 61.7 Å². The van der Waals surface area contributed by atoms with Crippen LogP contribution < -0.4 is 5.32 Å². The number of rotatable bonds is 21. The molecule has 1 saturated heterocycles. The molecule has 5 atom stereocenters. The molecule has 1 N–H and O–H groups in total. The predicted octanol–water partition coefficient (Wildman–Crippen LogP) is 9.87. The fourth-order valence-corrected chi connectivity index (χ4v) is 7.44. The number of benzene rings is 4. The second-order valence-corrected chi connectivity index (χ2v) is 17.1. The number of carbonyl (C=O) groups excluding carboxylic acids is 1. The fourth-order valence-electron chi connectivity index (χ4n) is 5.94. The smallest absolute Gasteiger partial charge is 0.374 e. The maximum Gasteiger partial charge on any atom is 0.477 e. The van der Waals surface area contributed by atoms with Crippen molar-refractivity contribution in [1.82, 2.24) is 5.32 Å². The Morgan fingerprint density at radius 2 is 1.29 bits per heavy atom. The molecule has 0 bridgehead atoms. The van der Waals surface area contributed by atoms with Crippen LogP contribution >= 0.6 is 42.6 Å². The Morgan fingerprint density at radius 1 is 0.727 bits per heavy atom. The van der Waals surface area contributed by atoms with Crippen molar-refractivity contribution < 1.29 is 41.9 Å². The number of phosphoric acid groups is 1. The van der Waals surface area contributed by atoms with Crippen LogP contribution in [0.4, 0.5) is 0 Å². The first kappa shape index (κ1) is 43.6. The van der Waals surface area contributed by atoms with E-state index >= 15 is 0 Å². The van der Waals surface area contributed by atoms with Crippen molar-refractivity contribution in [3.8, 4) is 0 Å². The highest BCUT2D eigenvalue weighted by molar-refractivity contribution is 7.48. The highest BCUT2D eigenvalue weighted by Crippen LogP contribution is 2.52. The summed E-state index contributed by atoms with van der Waals surface area (Å²) in [6.07, 6.45) is -1.52. The molecule has 1 amide bonds. The summed E-state index contributed by atoms with van der Waals surface area (Å²) in [4.78, 5) is 13.4. The van der Waals surface area contributed by atoms with E-state index in [0.717, 1.165) is 40.3 Å². The molecule has 0 spiro atoms. The van der Waals surface area contributed by atoms with Crippen LogP contribution in [0.3, 0.4) is 0 Å². The first-order chi connectivity index (χ1) is 26.6. The van der Waals surface area contributed by atoms with Gasteiger partial charge in [-0.05, 0) is 46.4 Å². The summed E-state index contributed by atoms with van der Waals surface area (Å²) in [5, 5.41) is 4.88. The second-order valence-electron chi connectivity index (χ2n) is 13.2. The molecule has 1 aliphatic heterocycles. The number of unbranched alkanes of at least 4 members (excludes halogenated alkanes) is 2. The summed E-state index contributed by atoms with van der Waals surface area (Å²) in [5.74, 6) is -0.978. The van der Waals surface area contributed by atoms with Gasteiger partial charge < -0.3 is 24.3 Å². The van der Waals surface area contributed by atoms with Gasteiger partial charge in [0, 0.05) is 0 Å². The molecule has 1 aliphatic rings. The quantitative estimate of drug-likeness (QED) is 0.0498. The highest BCUT2D eigenvalue weighted by atomic mass is 35.6. The Bertz CT molecular complexity index is 1790. The van der Waals surface area contributed by atoms with Crippen molar-refractivity contribution in [1.29, 1.82) is 0 Å². The van der Waals surface area contributed by atoms with E-state index in [-0.39, 0.29) is 39.6 Å². The van der Waals surface area contributed by atoms with E-state index in [0.29, 0.717) is 12.8 Å². The normalized spacial score (nSPS) is 20.4. The molecule has 55 heavy (non-hydrogen) atoms. The molecule has 4 aromatic rings. The largest absolute Gasteiger partial charge is 0.477 e. The summed E-state index contributed by atoms with van der Waals surface area (Å²) in [6.45, 7) is 4.69. The lowest BCUT2D eigenvalue weighted by Crippen LogP contribution is -2.66. The monoisotopic (exact) mass is 835 g/mol. The SMILES string of the molecule is CCCCOP(=O)(OCCCC)O[C@H]1O[C@H](COCc2ccccc2)[C@H](OCc2ccc3ccccc3c2)[C@H](OCc2ccccc2)[C@H]1NC(=O)C(Cl)(Cl)Cl. The summed E-state index contributed by atoms with van der Waals surface area (Å²) in [5.41, 5.74) is 2.69. The van der Waals surface area contributed by atoms with E-state index in [9.17, 15) is 9.36 Å². The summed E-state index contributed by atoms with van der Waals surface area (Å²) in [6, 6.07) is 32.0. The lowest BCUT2D eigenvalue weighted by atomic mass is 9.96. The first-order valence-corrected chi connectivity index (χ1v) is 21.1. The van der Waals surface area contributed by atoms with E-state index in [1.807, 2.05) is 117 Å². The molecule has 4 aromatic carbocycles. The molecule has 1 fully saturated rings. The van der Waals surface area contributed by atoms with Gasteiger partial charge in [-0.2, -0.15) is 0 Å². The molecule has 1 heterocycles. The number of amides is 1. The van der Waals surface area contributed by atoms with Crippen molar-refractivity contribution >= 4 is 59.3 Å². The standard InChI is InChI=1S/C41H49Cl3NO9P/c1-3-5-23-51-55(47,52-24-6-4-2)54-39-36(45-40(46)41(42,43)44)38(50-27-31-17-11-8-12-18-31)37(35(53-39)29-48-26-30-15-9-7-10-16-30)49-28-32-21-22-33-19-13-14-20-34(33)25-32/h7-22,25,35-39H,3-6,23-24,26-29H2,1-2H3,(H,45,46)/t35-,36-,37+,38-,39-/m1/s1. The van der Waals surface area contributed by atoms with Gasteiger partial charge in [-0.1, -0.05) is 159 Å². The van der Waals surface area contributed by atoms with Crippen LogP contribution in [0, 0.1) is 0 Å². The zero-order chi connectivity index (χ0) is 39.1. The number of phosphoric ester groups is 1. The number of ether oxygens (including phenoxy) is 4. The topological polar surface area (TPSA) is 111 Å². The summed E-state index contributed by atoms with van der Waals surface area (Å²) >= 11 is 18.3. The molecule has 14 heteroatoms. The van der Waals surface area contributed by atoms with Gasteiger partial charge in [-0.25, -0.2) is 4.57 Å². The van der Waals surface area contributed by atoms with Crippen molar-refractivity contribution in [2.45, 2.75) is 93.8 Å². The van der Waals surface area contributed by atoms with Gasteiger partial charge in [0.25, 0.3) is 9.70 Å². The third kappa shape index (κ3) is 13.5. The average molecular weight is 837 g/mol. The lowest BCUT2D eigenvalue weighted by molar-refractivity contribution is -0.273. The average Bonchev–Trinajstić information content (AvgIpc) is 3.18. The van der Waals surface area contributed by atoms with Crippen molar-refractivity contribution in [2.75, 3.05) is 19.8 Å². The minimum absolute atomic E-state index is 0.00511. The van der Waals surface area contributed by atoms with Crippen molar-refractivity contribution in [3.05, 3.63) is 120 Å². The predicted molar refractivity (Wildman–Crippen MR) is 215 cm³/mol. The maximum atomic E-state index is 14.3. The zero-order valence-electron chi connectivity index (χ0n) is 31.0. The molecule has 0 radical (unpaired) electrons. The van der Waals surface area contributed by atoms with E-state index in [1.54, 1.807) is 0 Å².